The highest BCUT2D eigenvalue weighted by Crippen LogP contribution is 2.37. The molecule has 0 fully saturated rings. The number of aromatic nitrogens is 5. The van der Waals surface area contributed by atoms with Gasteiger partial charge in [0.2, 0.25) is 0 Å². The zero-order valence-electron chi connectivity index (χ0n) is 18.9. The highest BCUT2D eigenvalue weighted by Gasteiger charge is 2.16. The first-order chi connectivity index (χ1) is 17.4. The molecule has 4 aromatic carbocycles. The van der Waals surface area contributed by atoms with E-state index in [1.54, 1.807) is 12.4 Å². The van der Waals surface area contributed by atoms with Gasteiger partial charge in [0.25, 0.3) is 0 Å². The van der Waals surface area contributed by atoms with Crippen LogP contribution in [0.5, 0.6) is 0 Å². The minimum absolute atomic E-state index is 0.982. The summed E-state index contributed by atoms with van der Waals surface area (Å²) < 4.78 is 6.15. The number of nitrogens with zero attached hydrogens (tertiary/aromatic N) is 5. The minimum atomic E-state index is 0.982. The van der Waals surface area contributed by atoms with Crippen LogP contribution in [0, 0.1) is 0 Å². The van der Waals surface area contributed by atoms with Crippen molar-refractivity contribution >= 4 is 21.8 Å². The van der Waals surface area contributed by atoms with Crippen LogP contribution in [-0.2, 0) is 0 Å². The van der Waals surface area contributed by atoms with Crippen LogP contribution in [0.15, 0.2) is 128 Å². The Hall–Kier alpha value is -4.90. The zero-order chi connectivity index (χ0) is 23.2. The molecule has 7 rings (SSSR count). The molecule has 0 spiro atoms. The summed E-state index contributed by atoms with van der Waals surface area (Å²) in [6.45, 7) is 0. The second-order valence-corrected chi connectivity index (χ2v) is 8.53. The van der Waals surface area contributed by atoms with Crippen molar-refractivity contribution in [2.45, 2.75) is 0 Å². The zero-order valence-corrected chi connectivity index (χ0v) is 18.9. The quantitative estimate of drug-likeness (QED) is 0.295. The number of benzene rings is 4. The van der Waals surface area contributed by atoms with Crippen molar-refractivity contribution in [2.75, 3.05) is 0 Å². The topological polar surface area (TPSA) is 40.6 Å². The van der Waals surface area contributed by atoms with Crippen LogP contribution < -0.4 is 0 Å². The molecule has 5 heteroatoms. The van der Waals surface area contributed by atoms with Crippen molar-refractivity contribution in [3.8, 4) is 28.2 Å². The van der Waals surface area contributed by atoms with E-state index in [9.17, 15) is 0 Å². The van der Waals surface area contributed by atoms with Crippen LogP contribution in [0.1, 0.15) is 0 Å². The van der Waals surface area contributed by atoms with E-state index in [1.165, 1.54) is 21.8 Å². The molecule has 0 saturated heterocycles. The van der Waals surface area contributed by atoms with Crippen molar-refractivity contribution in [1.82, 2.24) is 24.1 Å². The highest BCUT2D eigenvalue weighted by atomic mass is 15.3. The predicted molar refractivity (Wildman–Crippen MR) is 140 cm³/mol. The van der Waals surface area contributed by atoms with Crippen LogP contribution in [0.25, 0.3) is 50.0 Å². The van der Waals surface area contributed by atoms with Gasteiger partial charge in [0.1, 0.15) is 0 Å². The number of hydrogen-bond donors (Lipinski definition) is 0. The summed E-state index contributed by atoms with van der Waals surface area (Å²) in [6, 6.07) is 36.2. The van der Waals surface area contributed by atoms with Gasteiger partial charge < -0.3 is 4.57 Å². The van der Waals surface area contributed by atoms with Gasteiger partial charge in [0, 0.05) is 41.1 Å². The van der Waals surface area contributed by atoms with Gasteiger partial charge in [-0.15, -0.1) is 0 Å². The molecule has 0 aliphatic rings. The fraction of sp³-hybridized carbons (Fsp3) is 0. The molecule has 0 aliphatic heterocycles. The molecule has 0 bridgehead atoms. The molecule has 0 saturated carbocycles. The van der Waals surface area contributed by atoms with E-state index in [0.717, 1.165) is 28.2 Å². The van der Waals surface area contributed by atoms with Crippen molar-refractivity contribution in [2.24, 2.45) is 0 Å². The van der Waals surface area contributed by atoms with Gasteiger partial charge in [-0.2, -0.15) is 10.2 Å². The number of hydrogen-bond acceptors (Lipinski definition) is 2. The fourth-order valence-electron chi connectivity index (χ4n) is 4.95. The summed E-state index contributed by atoms with van der Waals surface area (Å²) in [7, 11) is 0. The first-order valence-corrected chi connectivity index (χ1v) is 11.6. The van der Waals surface area contributed by atoms with Gasteiger partial charge in [-0.05, 0) is 54.1 Å². The highest BCUT2D eigenvalue weighted by molar-refractivity contribution is 6.09. The molecular weight excluding hydrogens is 430 g/mol. The summed E-state index contributed by atoms with van der Waals surface area (Å²) in [4.78, 5) is 0. The number of rotatable bonds is 4. The summed E-state index contributed by atoms with van der Waals surface area (Å²) in [5.41, 5.74) is 7.72. The molecule has 0 aliphatic carbocycles. The Bertz CT molecular complexity index is 1680. The van der Waals surface area contributed by atoms with E-state index < -0.39 is 0 Å². The van der Waals surface area contributed by atoms with E-state index >= 15 is 0 Å². The summed E-state index contributed by atoms with van der Waals surface area (Å²) in [5.74, 6) is 0. The Morgan fingerprint density at radius 2 is 1.06 bits per heavy atom. The Kier molecular flexibility index (Phi) is 4.39. The molecule has 5 nitrogen and oxygen atoms in total. The summed E-state index contributed by atoms with van der Waals surface area (Å²) in [5, 5.41) is 11.5. The van der Waals surface area contributed by atoms with E-state index in [-0.39, 0.29) is 0 Å². The molecular formula is C30H21N5. The Labute approximate surface area is 202 Å². The third-order valence-electron chi connectivity index (χ3n) is 6.48. The third-order valence-corrected chi connectivity index (χ3v) is 6.48. The fourth-order valence-corrected chi connectivity index (χ4v) is 4.95. The normalized spacial score (nSPS) is 11.4. The molecule has 0 radical (unpaired) electrons. The average Bonchev–Trinajstić information content (AvgIpc) is 3.69. The lowest BCUT2D eigenvalue weighted by Gasteiger charge is -2.16. The van der Waals surface area contributed by atoms with Crippen molar-refractivity contribution in [3.63, 3.8) is 0 Å². The predicted octanol–water partition coefficient (Wildman–Crippen LogP) is 6.82. The Morgan fingerprint density at radius 3 is 1.63 bits per heavy atom. The molecule has 0 amide bonds. The maximum atomic E-state index is 4.48. The first kappa shape index (κ1) is 19.6. The van der Waals surface area contributed by atoms with Crippen LogP contribution in [-0.4, -0.2) is 24.1 Å². The van der Waals surface area contributed by atoms with Crippen molar-refractivity contribution in [3.05, 3.63) is 128 Å². The van der Waals surface area contributed by atoms with Crippen LogP contribution in [0.3, 0.4) is 0 Å². The van der Waals surface area contributed by atoms with Gasteiger partial charge >= 0.3 is 0 Å². The monoisotopic (exact) mass is 451 g/mol. The number of fused-ring (bicyclic) bond motifs is 3. The van der Waals surface area contributed by atoms with E-state index in [2.05, 4.69) is 106 Å². The third kappa shape index (κ3) is 3.17. The van der Waals surface area contributed by atoms with E-state index in [4.69, 9.17) is 0 Å². The average molecular weight is 452 g/mol. The molecule has 35 heavy (non-hydrogen) atoms. The maximum absolute atomic E-state index is 4.48. The molecule has 3 heterocycles. The van der Waals surface area contributed by atoms with E-state index in [1.807, 2.05) is 33.9 Å². The lowest BCUT2D eigenvalue weighted by atomic mass is 10.0. The van der Waals surface area contributed by atoms with Gasteiger partial charge in [-0.25, -0.2) is 9.36 Å². The van der Waals surface area contributed by atoms with Crippen molar-refractivity contribution < 1.29 is 0 Å². The van der Waals surface area contributed by atoms with Crippen LogP contribution in [0.4, 0.5) is 0 Å². The minimum Gasteiger partial charge on any atom is -0.309 e. The standard InChI is InChI=1S/C30H21N5/c1-4-12-28(35-29-13-5-2-10-26(29)27-11-3-6-14-30(27)35)25(9-1)22-19-23(33-17-7-15-31-33)21-24(20-22)34-18-8-16-32-34/h1-21H. The molecule has 0 N–H and O–H groups in total. The van der Waals surface area contributed by atoms with Gasteiger partial charge in [0.15, 0.2) is 0 Å². The Balaban J connectivity index is 1.52. The molecule has 0 atom stereocenters. The van der Waals surface area contributed by atoms with Crippen LogP contribution >= 0.6 is 0 Å². The molecule has 7 aromatic rings. The SMILES string of the molecule is c1ccc(-n2c3ccccc3c3ccccc32)c(-c2cc(-n3cccn3)cc(-n3cccn3)c2)c1. The second kappa shape index (κ2) is 7.85. The van der Waals surface area contributed by atoms with Crippen LogP contribution in [0.2, 0.25) is 0 Å². The molecule has 0 unspecified atom stereocenters. The largest absolute Gasteiger partial charge is 0.309 e. The molecule has 166 valence electrons. The lowest BCUT2D eigenvalue weighted by molar-refractivity contribution is 0.857. The van der Waals surface area contributed by atoms with Gasteiger partial charge in [-0.3, -0.25) is 0 Å². The maximum Gasteiger partial charge on any atom is 0.0673 e. The summed E-state index contributed by atoms with van der Waals surface area (Å²) >= 11 is 0. The first-order valence-electron chi connectivity index (χ1n) is 11.6. The lowest BCUT2D eigenvalue weighted by Crippen LogP contribution is -2.02. The second-order valence-electron chi connectivity index (χ2n) is 8.53. The summed E-state index contributed by atoms with van der Waals surface area (Å²) in [6.07, 6.45) is 7.52. The Morgan fingerprint density at radius 1 is 0.514 bits per heavy atom. The van der Waals surface area contributed by atoms with Gasteiger partial charge in [-0.1, -0.05) is 54.6 Å². The smallest absolute Gasteiger partial charge is 0.0673 e. The van der Waals surface area contributed by atoms with Gasteiger partial charge in [0.05, 0.1) is 28.1 Å². The van der Waals surface area contributed by atoms with E-state index in [0.29, 0.717) is 0 Å². The number of para-hydroxylation sites is 3. The molecule has 3 aromatic heterocycles. The van der Waals surface area contributed by atoms with Crippen molar-refractivity contribution in [1.29, 1.82) is 0 Å².